The molecule has 2 N–H and O–H groups in total. The lowest BCUT2D eigenvalue weighted by Gasteiger charge is -2.56. The first-order valence-electron chi connectivity index (χ1n) is 11.6. The van der Waals surface area contributed by atoms with Crippen LogP contribution in [0.15, 0.2) is 18.2 Å². The molecule has 5 aliphatic carbocycles. The van der Waals surface area contributed by atoms with Crippen LogP contribution < -0.4 is 10.6 Å². The van der Waals surface area contributed by atoms with Crippen molar-refractivity contribution in [2.45, 2.75) is 88.5 Å². The number of halogens is 2. The minimum atomic E-state index is 0.0455. The van der Waals surface area contributed by atoms with Crippen molar-refractivity contribution < 1.29 is 9.53 Å². The Morgan fingerprint density at radius 1 is 0.967 bits per heavy atom. The molecule has 0 heterocycles. The maximum absolute atomic E-state index is 12.8. The van der Waals surface area contributed by atoms with Gasteiger partial charge in [0.1, 0.15) is 0 Å². The highest BCUT2D eigenvalue weighted by Crippen LogP contribution is 2.55. The van der Waals surface area contributed by atoms with Gasteiger partial charge in [0.2, 0.25) is 0 Å². The second-order valence-electron chi connectivity index (χ2n) is 10.3. The summed E-state index contributed by atoms with van der Waals surface area (Å²) in [6, 6.07) is 5.82. The first-order chi connectivity index (χ1) is 14.5. The zero-order valence-corrected chi connectivity index (χ0v) is 19.0. The first kappa shape index (κ1) is 20.9. The van der Waals surface area contributed by atoms with Crippen molar-refractivity contribution in [2.24, 2.45) is 17.8 Å². The molecule has 5 saturated carbocycles. The van der Waals surface area contributed by atoms with E-state index < -0.39 is 0 Å². The fraction of sp³-hybridized carbons (Fsp3) is 0.708. The maximum atomic E-state index is 12.8. The molecule has 0 radical (unpaired) electrons. The molecular weight excluding hydrogens is 419 g/mol. The van der Waals surface area contributed by atoms with E-state index in [-0.39, 0.29) is 23.7 Å². The Labute approximate surface area is 189 Å². The second-order valence-corrected chi connectivity index (χ2v) is 11.1. The van der Waals surface area contributed by atoms with Gasteiger partial charge in [-0.05, 0) is 94.1 Å². The molecule has 0 unspecified atom stereocenters. The average molecular weight is 451 g/mol. The Kier molecular flexibility index (Phi) is 5.94. The van der Waals surface area contributed by atoms with Gasteiger partial charge in [-0.3, -0.25) is 0 Å². The number of amides is 2. The zero-order chi connectivity index (χ0) is 20.7. The molecule has 5 aliphatic rings. The Morgan fingerprint density at radius 3 is 2.10 bits per heavy atom. The van der Waals surface area contributed by atoms with Gasteiger partial charge in [0.25, 0.3) is 0 Å². The van der Waals surface area contributed by atoms with Crippen LogP contribution in [0.3, 0.4) is 0 Å². The van der Waals surface area contributed by atoms with Crippen LogP contribution in [-0.2, 0) is 11.3 Å². The monoisotopic (exact) mass is 450 g/mol. The van der Waals surface area contributed by atoms with E-state index in [2.05, 4.69) is 10.6 Å². The number of carbonyl (C=O) groups excluding carboxylic acids is 1. The standard InChI is InChI=1S/C24H32Cl2N2O2/c25-21-2-1-3-22(26)20(21)14-30-19-6-4-18(5-7-19)27-23(29)28-24-11-15-8-16(12-24)10-17(9-15)13-24/h1-3,15-19H,4-14H2,(H2,27,28,29)/t15?,16?,17?,18-,19+,24?. The molecule has 30 heavy (non-hydrogen) atoms. The zero-order valence-electron chi connectivity index (χ0n) is 17.5. The summed E-state index contributed by atoms with van der Waals surface area (Å²) in [6.07, 6.45) is 11.8. The molecule has 0 spiro atoms. The number of hydrogen-bond donors (Lipinski definition) is 2. The highest BCUT2D eigenvalue weighted by molar-refractivity contribution is 6.35. The van der Waals surface area contributed by atoms with E-state index in [1.54, 1.807) is 0 Å². The Bertz CT molecular complexity index is 736. The number of carbonyl (C=O) groups is 1. The molecule has 5 fully saturated rings. The lowest BCUT2D eigenvalue weighted by molar-refractivity contribution is -0.0142. The van der Waals surface area contributed by atoms with Gasteiger partial charge in [-0.2, -0.15) is 0 Å². The molecule has 6 heteroatoms. The van der Waals surface area contributed by atoms with Crippen molar-refractivity contribution in [2.75, 3.05) is 0 Å². The topological polar surface area (TPSA) is 50.4 Å². The van der Waals surface area contributed by atoms with Crippen LogP contribution >= 0.6 is 23.2 Å². The molecule has 164 valence electrons. The van der Waals surface area contributed by atoms with Crippen LogP contribution in [-0.4, -0.2) is 23.7 Å². The van der Waals surface area contributed by atoms with Gasteiger partial charge in [-0.1, -0.05) is 29.3 Å². The summed E-state index contributed by atoms with van der Waals surface area (Å²) in [4.78, 5) is 12.8. The molecule has 2 amide bonds. The van der Waals surface area contributed by atoms with E-state index in [1.807, 2.05) is 18.2 Å². The van der Waals surface area contributed by atoms with Crippen molar-refractivity contribution in [3.63, 3.8) is 0 Å². The maximum Gasteiger partial charge on any atom is 0.315 e. The number of rotatable bonds is 5. The summed E-state index contributed by atoms with van der Waals surface area (Å²) in [5.41, 5.74) is 0.934. The van der Waals surface area contributed by atoms with Crippen molar-refractivity contribution >= 4 is 29.2 Å². The van der Waals surface area contributed by atoms with Gasteiger partial charge in [0.05, 0.1) is 12.7 Å². The molecule has 1 aromatic rings. The number of benzene rings is 1. The molecule has 6 rings (SSSR count). The third-order valence-corrected chi connectivity index (χ3v) is 8.66. The SMILES string of the molecule is O=C(NC12CC3CC(CC(C3)C1)C2)N[C@H]1CC[C@@H](OCc2c(Cl)cccc2Cl)CC1. The van der Waals surface area contributed by atoms with Crippen molar-refractivity contribution in [1.29, 1.82) is 0 Å². The average Bonchev–Trinajstić information content (AvgIpc) is 2.67. The Hall–Kier alpha value is -0.970. The summed E-state index contributed by atoms with van der Waals surface area (Å²) in [5, 5.41) is 7.99. The minimum absolute atomic E-state index is 0.0455. The molecule has 4 bridgehead atoms. The fourth-order valence-electron chi connectivity index (χ4n) is 6.97. The third-order valence-electron chi connectivity index (χ3n) is 7.95. The van der Waals surface area contributed by atoms with Gasteiger partial charge in [0.15, 0.2) is 0 Å². The van der Waals surface area contributed by atoms with Gasteiger partial charge < -0.3 is 15.4 Å². The molecule has 0 aromatic heterocycles. The molecule has 0 saturated heterocycles. The summed E-state index contributed by atoms with van der Waals surface area (Å²) >= 11 is 12.5. The van der Waals surface area contributed by atoms with Gasteiger partial charge in [-0.25, -0.2) is 4.79 Å². The summed E-state index contributed by atoms with van der Waals surface area (Å²) in [7, 11) is 0. The van der Waals surface area contributed by atoms with E-state index in [4.69, 9.17) is 27.9 Å². The molecule has 0 aliphatic heterocycles. The summed E-state index contributed by atoms with van der Waals surface area (Å²) < 4.78 is 6.08. The van der Waals surface area contributed by atoms with Crippen LogP contribution in [0.25, 0.3) is 0 Å². The first-order valence-corrected chi connectivity index (χ1v) is 12.4. The highest BCUT2D eigenvalue weighted by Gasteiger charge is 2.51. The van der Waals surface area contributed by atoms with Crippen molar-refractivity contribution in [3.8, 4) is 0 Å². The fourth-order valence-corrected chi connectivity index (χ4v) is 7.48. The van der Waals surface area contributed by atoms with Crippen LogP contribution in [0.5, 0.6) is 0 Å². The van der Waals surface area contributed by atoms with E-state index in [0.29, 0.717) is 16.7 Å². The van der Waals surface area contributed by atoms with Crippen LogP contribution in [0, 0.1) is 17.8 Å². The minimum Gasteiger partial charge on any atom is -0.373 e. The predicted molar refractivity (Wildman–Crippen MR) is 120 cm³/mol. The highest BCUT2D eigenvalue weighted by atomic mass is 35.5. The van der Waals surface area contributed by atoms with E-state index in [0.717, 1.165) is 49.0 Å². The number of ether oxygens (including phenoxy) is 1. The smallest absolute Gasteiger partial charge is 0.315 e. The largest absolute Gasteiger partial charge is 0.373 e. The van der Waals surface area contributed by atoms with Gasteiger partial charge in [0, 0.05) is 27.2 Å². The predicted octanol–water partition coefficient (Wildman–Crippen LogP) is 6.09. The molecule has 4 nitrogen and oxygen atoms in total. The van der Waals surface area contributed by atoms with E-state index in [1.165, 1.54) is 38.5 Å². The Morgan fingerprint density at radius 2 is 1.53 bits per heavy atom. The van der Waals surface area contributed by atoms with Crippen molar-refractivity contribution in [3.05, 3.63) is 33.8 Å². The van der Waals surface area contributed by atoms with E-state index in [9.17, 15) is 4.79 Å². The van der Waals surface area contributed by atoms with Crippen molar-refractivity contribution in [1.82, 2.24) is 10.6 Å². The number of hydrogen-bond acceptors (Lipinski definition) is 2. The molecule has 1 aromatic carbocycles. The van der Waals surface area contributed by atoms with E-state index >= 15 is 0 Å². The lowest BCUT2D eigenvalue weighted by Crippen LogP contribution is -2.62. The lowest BCUT2D eigenvalue weighted by atomic mass is 9.53. The molecular formula is C24H32Cl2N2O2. The third kappa shape index (κ3) is 4.47. The summed E-state index contributed by atoms with van der Waals surface area (Å²) in [6.45, 7) is 0.438. The Balaban J connectivity index is 1.07. The normalized spacial score (nSPS) is 37.2. The summed E-state index contributed by atoms with van der Waals surface area (Å²) in [5.74, 6) is 2.53. The molecule has 0 atom stereocenters. The van der Waals surface area contributed by atoms with Crippen LogP contribution in [0.2, 0.25) is 10.0 Å². The van der Waals surface area contributed by atoms with Gasteiger partial charge in [-0.15, -0.1) is 0 Å². The number of nitrogens with one attached hydrogen (secondary N) is 2. The van der Waals surface area contributed by atoms with Crippen LogP contribution in [0.1, 0.15) is 69.8 Å². The van der Waals surface area contributed by atoms with Crippen LogP contribution in [0.4, 0.5) is 4.79 Å². The second kappa shape index (κ2) is 8.52. The quantitative estimate of drug-likeness (QED) is 0.569. The van der Waals surface area contributed by atoms with Gasteiger partial charge >= 0.3 is 6.03 Å². The number of urea groups is 1.